The van der Waals surface area contributed by atoms with Crippen molar-refractivity contribution in [3.63, 3.8) is 0 Å². The Labute approximate surface area is 145 Å². The highest BCUT2D eigenvalue weighted by Gasteiger charge is 2.70. The van der Waals surface area contributed by atoms with Gasteiger partial charge in [0.05, 0.1) is 0 Å². The van der Waals surface area contributed by atoms with Gasteiger partial charge in [0.25, 0.3) is 5.60 Å². The molecule has 2 atom stereocenters. The topological polar surface area (TPSA) is 20.2 Å². The largest absolute Gasteiger partial charge is 0.426 e. The average Bonchev–Trinajstić information content (AvgIpc) is 2.42. The molecule has 1 nitrogen and oxygen atoms in total. The first-order chi connectivity index (χ1) is 11.1. The zero-order chi connectivity index (χ0) is 19.7. The summed E-state index contributed by atoms with van der Waals surface area (Å²) < 4.78 is 76.6. The van der Waals surface area contributed by atoms with Crippen LogP contribution in [0, 0.1) is 5.41 Å². The van der Waals surface area contributed by atoms with Crippen LogP contribution in [0.1, 0.15) is 44.0 Å². The minimum absolute atomic E-state index is 0.0547. The minimum atomic E-state index is -5.80. The highest BCUT2D eigenvalue weighted by Crippen LogP contribution is 2.45. The van der Waals surface area contributed by atoms with E-state index in [0.717, 1.165) is 12.0 Å². The van der Waals surface area contributed by atoms with Crippen molar-refractivity contribution in [1.82, 2.24) is 0 Å². The van der Waals surface area contributed by atoms with Crippen LogP contribution >= 0.6 is 8.58 Å². The van der Waals surface area contributed by atoms with Gasteiger partial charge in [0.2, 0.25) is 0 Å². The minimum Gasteiger partial charge on any atom is -0.373 e. The van der Waals surface area contributed by atoms with Gasteiger partial charge < -0.3 is 5.11 Å². The molecule has 0 saturated heterocycles. The standard InChI is InChI=1S/C17H23F6OP/c1-14(2,3)10-13(25-4)12-7-5-11(6-8-12)9-15(24,16(18,19)20)17(21,22)23/h5-8,13,24-25H,9-10H2,1-4H3. The van der Waals surface area contributed by atoms with Crippen LogP contribution in [-0.4, -0.2) is 29.7 Å². The van der Waals surface area contributed by atoms with E-state index < -0.39 is 24.4 Å². The summed E-state index contributed by atoms with van der Waals surface area (Å²) in [5, 5.41) is 9.27. The maximum absolute atomic E-state index is 12.8. The Balaban J connectivity index is 3.06. The van der Waals surface area contributed by atoms with Crippen LogP contribution in [0.2, 0.25) is 0 Å². The van der Waals surface area contributed by atoms with Gasteiger partial charge >= 0.3 is 12.4 Å². The second-order valence-electron chi connectivity index (χ2n) is 7.38. The third kappa shape index (κ3) is 5.58. The Bertz CT molecular complexity index is 542. The second kappa shape index (κ2) is 7.43. The summed E-state index contributed by atoms with van der Waals surface area (Å²) in [5.74, 6) is 0. The lowest BCUT2D eigenvalue weighted by atomic mass is 9.87. The van der Waals surface area contributed by atoms with Gasteiger partial charge in [-0.05, 0) is 29.6 Å². The molecule has 25 heavy (non-hydrogen) atoms. The van der Waals surface area contributed by atoms with E-state index in [4.69, 9.17) is 0 Å². The van der Waals surface area contributed by atoms with Crippen LogP contribution in [0.3, 0.4) is 0 Å². The Morgan fingerprint density at radius 1 is 0.920 bits per heavy atom. The SMILES string of the molecule is CPC(CC(C)(C)C)c1ccc(CC(O)(C(F)(F)F)C(F)(F)F)cc1. The lowest BCUT2D eigenvalue weighted by Gasteiger charge is -2.32. The van der Waals surface area contributed by atoms with Crippen LogP contribution < -0.4 is 0 Å². The van der Waals surface area contributed by atoms with E-state index in [1.807, 2.05) is 6.66 Å². The normalized spacial score (nSPS) is 15.8. The summed E-state index contributed by atoms with van der Waals surface area (Å²) >= 11 is 0. The fourth-order valence-corrected chi connectivity index (χ4v) is 3.87. The zero-order valence-corrected chi connectivity index (χ0v) is 15.5. The molecule has 2 unspecified atom stereocenters. The Morgan fingerprint density at radius 2 is 1.36 bits per heavy atom. The molecule has 0 aromatic heterocycles. The molecule has 0 aliphatic heterocycles. The number of aliphatic hydroxyl groups is 1. The van der Waals surface area contributed by atoms with Gasteiger partial charge in [0.1, 0.15) is 0 Å². The van der Waals surface area contributed by atoms with E-state index in [1.54, 1.807) is 12.1 Å². The van der Waals surface area contributed by atoms with E-state index in [2.05, 4.69) is 20.8 Å². The molecule has 1 rings (SSSR count). The summed E-state index contributed by atoms with van der Waals surface area (Å²) in [4.78, 5) is 0. The maximum atomic E-state index is 12.8. The van der Waals surface area contributed by atoms with Crippen molar-refractivity contribution in [2.45, 2.75) is 57.2 Å². The number of hydrogen-bond acceptors (Lipinski definition) is 1. The predicted molar refractivity (Wildman–Crippen MR) is 88.3 cm³/mol. The van der Waals surface area contributed by atoms with E-state index >= 15 is 0 Å². The number of halogens is 6. The highest BCUT2D eigenvalue weighted by molar-refractivity contribution is 7.37. The fraction of sp³-hybridized carbons (Fsp3) is 0.647. The van der Waals surface area contributed by atoms with Gasteiger partial charge in [0.15, 0.2) is 0 Å². The van der Waals surface area contributed by atoms with Crippen molar-refractivity contribution in [3.8, 4) is 0 Å². The van der Waals surface area contributed by atoms with Crippen molar-refractivity contribution in [2.75, 3.05) is 6.66 Å². The number of hydrogen-bond donors (Lipinski definition) is 1. The first kappa shape index (κ1) is 22.2. The van der Waals surface area contributed by atoms with E-state index in [-0.39, 0.29) is 16.6 Å². The number of rotatable bonds is 5. The quantitative estimate of drug-likeness (QED) is 0.494. The molecular formula is C17H23F6OP. The molecule has 0 radical (unpaired) electrons. The van der Waals surface area contributed by atoms with Crippen LogP contribution in [0.15, 0.2) is 24.3 Å². The maximum Gasteiger partial charge on any atom is 0.426 e. The number of benzene rings is 1. The second-order valence-corrected chi connectivity index (χ2v) is 8.65. The molecule has 0 fully saturated rings. The third-order valence-electron chi connectivity index (χ3n) is 3.94. The Kier molecular flexibility index (Phi) is 6.61. The first-order valence-electron chi connectivity index (χ1n) is 7.73. The molecule has 144 valence electrons. The summed E-state index contributed by atoms with van der Waals surface area (Å²) in [7, 11) is 0.559. The monoisotopic (exact) mass is 388 g/mol. The number of alkyl halides is 6. The van der Waals surface area contributed by atoms with Gasteiger partial charge in [-0.3, -0.25) is 0 Å². The molecule has 1 N–H and O–H groups in total. The van der Waals surface area contributed by atoms with Crippen molar-refractivity contribution >= 4 is 8.58 Å². The zero-order valence-electron chi connectivity index (χ0n) is 14.5. The van der Waals surface area contributed by atoms with Gasteiger partial charge in [-0.25, -0.2) is 0 Å². The summed E-state index contributed by atoms with van der Waals surface area (Å²) in [6, 6.07) is 5.56. The highest BCUT2D eigenvalue weighted by atomic mass is 31.1. The van der Waals surface area contributed by atoms with Gasteiger partial charge in [-0.15, -0.1) is 8.58 Å². The molecular weight excluding hydrogens is 365 g/mol. The Hall–Kier alpha value is -0.810. The Morgan fingerprint density at radius 3 is 1.68 bits per heavy atom. The predicted octanol–water partition coefficient (Wildman–Crippen LogP) is 5.87. The van der Waals surface area contributed by atoms with Crippen LogP contribution in [0.5, 0.6) is 0 Å². The van der Waals surface area contributed by atoms with Crippen molar-refractivity contribution in [1.29, 1.82) is 0 Å². The molecule has 0 heterocycles. The van der Waals surface area contributed by atoms with E-state index in [0.29, 0.717) is 8.58 Å². The average molecular weight is 388 g/mol. The lowest BCUT2D eigenvalue weighted by Crippen LogP contribution is -2.58. The molecule has 8 heteroatoms. The van der Waals surface area contributed by atoms with Crippen molar-refractivity contribution in [3.05, 3.63) is 35.4 Å². The molecule has 0 bridgehead atoms. The van der Waals surface area contributed by atoms with Crippen molar-refractivity contribution in [2.24, 2.45) is 5.41 Å². The summed E-state index contributed by atoms with van der Waals surface area (Å²) in [6.07, 6.45) is -12.3. The first-order valence-corrected chi connectivity index (χ1v) is 9.30. The van der Waals surface area contributed by atoms with Crippen LogP contribution in [0.4, 0.5) is 26.3 Å². The molecule has 0 saturated carbocycles. The molecule has 1 aromatic carbocycles. The fourth-order valence-electron chi connectivity index (χ4n) is 2.52. The molecule has 0 aliphatic rings. The lowest BCUT2D eigenvalue weighted by molar-refractivity contribution is -0.367. The van der Waals surface area contributed by atoms with E-state index in [1.165, 1.54) is 12.1 Å². The van der Waals surface area contributed by atoms with E-state index in [9.17, 15) is 31.4 Å². The van der Waals surface area contributed by atoms with Gasteiger partial charge in [-0.2, -0.15) is 26.3 Å². The summed E-state index contributed by atoms with van der Waals surface area (Å²) in [6.45, 7) is 8.22. The molecule has 0 amide bonds. The van der Waals surface area contributed by atoms with Crippen LogP contribution in [-0.2, 0) is 6.42 Å². The van der Waals surface area contributed by atoms with Gasteiger partial charge in [-0.1, -0.05) is 45.0 Å². The van der Waals surface area contributed by atoms with Gasteiger partial charge in [0, 0.05) is 12.1 Å². The molecule has 0 spiro atoms. The third-order valence-corrected chi connectivity index (χ3v) is 5.18. The van der Waals surface area contributed by atoms with Crippen molar-refractivity contribution < 1.29 is 31.4 Å². The smallest absolute Gasteiger partial charge is 0.373 e. The molecule has 1 aromatic rings. The summed E-state index contributed by atoms with van der Waals surface area (Å²) in [5.41, 5.74) is -3.84. The van der Waals surface area contributed by atoms with Crippen LogP contribution in [0.25, 0.3) is 0 Å². The molecule has 0 aliphatic carbocycles.